The van der Waals surface area contributed by atoms with Crippen molar-refractivity contribution in [1.82, 2.24) is 5.32 Å². The van der Waals surface area contributed by atoms with E-state index in [4.69, 9.17) is 4.74 Å². The third-order valence-electron chi connectivity index (χ3n) is 4.71. The van der Waals surface area contributed by atoms with Gasteiger partial charge < -0.3 is 10.1 Å². The molecule has 1 N–H and O–H groups in total. The van der Waals surface area contributed by atoms with Crippen LogP contribution in [0.2, 0.25) is 0 Å². The van der Waals surface area contributed by atoms with Crippen LogP contribution in [0.25, 0.3) is 6.08 Å². The van der Waals surface area contributed by atoms with Gasteiger partial charge in [0, 0.05) is 16.7 Å². The van der Waals surface area contributed by atoms with Crippen molar-refractivity contribution in [2.24, 2.45) is 4.99 Å². The van der Waals surface area contributed by atoms with Gasteiger partial charge in [0.15, 0.2) is 5.17 Å². The first-order valence-corrected chi connectivity index (χ1v) is 12.2. The van der Waals surface area contributed by atoms with Crippen LogP contribution in [0.5, 0.6) is 5.75 Å². The molecule has 6 heteroatoms. The zero-order chi connectivity index (χ0) is 21.2. The summed E-state index contributed by atoms with van der Waals surface area (Å²) in [6, 6.07) is 16.3. The van der Waals surface area contributed by atoms with Crippen molar-refractivity contribution < 1.29 is 9.53 Å². The second-order valence-corrected chi connectivity index (χ2v) is 9.16. The predicted octanol–water partition coefficient (Wildman–Crippen LogP) is 5.95. The highest BCUT2D eigenvalue weighted by atomic mass is 32.2. The Morgan fingerprint density at radius 3 is 2.67 bits per heavy atom. The van der Waals surface area contributed by atoms with Crippen LogP contribution in [0.3, 0.4) is 0 Å². The largest absolute Gasteiger partial charge is 0.497 e. The molecule has 0 spiro atoms. The topological polar surface area (TPSA) is 50.7 Å². The van der Waals surface area contributed by atoms with Crippen molar-refractivity contribution >= 4 is 40.7 Å². The molecule has 2 aromatic rings. The van der Waals surface area contributed by atoms with Crippen molar-refractivity contribution in [3.63, 3.8) is 0 Å². The number of benzene rings is 2. The van der Waals surface area contributed by atoms with Gasteiger partial charge in [0.25, 0.3) is 0 Å². The second kappa shape index (κ2) is 11.9. The molecule has 0 bridgehead atoms. The minimum atomic E-state index is -0.158. The van der Waals surface area contributed by atoms with Gasteiger partial charge in [0.05, 0.1) is 13.2 Å². The number of thioether (sulfide) groups is 2. The number of nitrogens with zero attached hydrogens (tertiary/aromatic N) is 1. The lowest BCUT2D eigenvalue weighted by molar-refractivity contribution is -0.115. The number of aliphatic imine (C=N–C) groups is 1. The van der Waals surface area contributed by atoms with Crippen LogP contribution >= 0.6 is 23.5 Å². The number of amidine groups is 1. The number of carbonyl (C=O) groups is 1. The lowest BCUT2D eigenvalue weighted by atomic mass is 10.1. The molecular weight excluding hydrogens is 412 g/mol. The van der Waals surface area contributed by atoms with Crippen LogP contribution in [0.1, 0.15) is 43.4 Å². The molecule has 30 heavy (non-hydrogen) atoms. The zero-order valence-corrected chi connectivity index (χ0v) is 19.1. The summed E-state index contributed by atoms with van der Waals surface area (Å²) in [5, 5.41) is 3.55. The summed E-state index contributed by atoms with van der Waals surface area (Å²) >= 11 is 3.45. The van der Waals surface area contributed by atoms with Crippen molar-refractivity contribution in [2.45, 2.75) is 37.1 Å². The Hall–Kier alpha value is -2.18. The van der Waals surface area contributed by atoms with Gasteiger partial charge in [-0.1, -0.05) is 55.8 Å². The number of nitrogens with one attached hydrogen (secondary N) is 1. The Balaban J connectivity index is 1.48. The smallest absolute Gasteiger partial charge is 0.249 e. The van der Waals surface area contributed by atoms with Gasteiger partial charge >= 0.3 is 0 Å². The maximum atomic E-state index is 12.3. The molecule has 0 radical (unpaired) electrons. The molecule has 1 aliphatic heterocycles. The standard InChI is InChI=1S/C24H28N2O2S2/c1-3-4-5-16-29-21-13-6-18(7-14-21)8-15-23(27)26-24-25-22(17-30-24)19-9-11-20(28-2)12-10-19/h6-15,22H,3-5,16-17H2,1-2H3,(H,25,26,27)/b15-8+. The highest BCUT2D eigenvalue weighted by Crippen LogP contribution is 2.30. The van der Waals surface area contributed by atoms with Crippen LogP contribution in [-0.4, -0.2) is 29.7 Å². The molecule has 0 fully saturated rings. The fourth-order valence-corrected chi connectivity index (χ4v) is 4.85. The van der Waals surface area contributed by atoms with Crippen LogP contribution in [0.15, 0.2) is 64.5 Å². The van der Waals surface area contributed by atoms with Crippen LogP contribution < -0.4 is 10.1 Å². The maximum absolute atomic E-state index is 12.3. The fraction of sp³-hybridized carbons (Fsp3) is 0.333. The molecule has 1 aliphatic rings. The molecule has 4 nitrogen and oxygen atoms in total. The highest BCUT2D eigenvalue weighted by Gasteiger charge is 2.20. The molecule has 2 aromatic carbocycles. The Morgan fingerprint density at radius 1 is 1.20 bits per heavy atom. The van der Waals surface area contributed by atoms with E-state index in [1.165, 1.54) is 24.2 Å². The SMILES string of the molecule is CCCCCSc1ccc(/C=C/C(=O)NC2=NC(c3ccc(OC)cc3)CS2)cc1. The number of hydrogen-bond donors (Lipinski definition) is 1. The molecule has 1 amide bonds. The number of methoxy groups -OCH3 is 1. The number of unbranched alkanes of at least 4 members (excludes halogenated alkanes) is 2. The number of carbonyl (C=O) groups excluding carboxylic acids is 1. The summed E-state index contributed by atoms with van der Waals surface area (Å²) in [5.74, 6) is 2.65. The Morgan fingerprint density at radius 2 is 1.97 bits per heavy atom. The average molecular weight is 441 g/mol. The van der Waals surface area contributed by atoms with Crippen molar-refractivity contribution in [3.05, 3.63) is 65.7 Å². The van der Waals surface area contributed by atoms with Crippen molar-refractivity contribution in [3.8, 4) is 5.75 Å². The first-order chi connectivity index (χ1) is 14.7. The number of hydrogen-bond acceptors (Lipinski definition) is 5. The quantitative estimate of drug-likeness (QED) is 0.297. The van der Waals surface area contributed by atoms with Gasteiger partial charge in [-0.05, 0) is 53.6 Å². The van der Waals surface area contributed by atoms with Crippen molar-refractivity contribution in [1.29, 1.82) is 0 Å². The zero-order valence-electron chi connectivity index (χ0n) is 17.5. The van der Waals surface area contributed by atoms with E-state index in [1.54, 1.807) is 24.9 Å². The lowest BCUT2D eigenvalue weighted by Gasteiger charge is -2.06. The summed E-state index contributed by atoms with van der Waals surface area (Å²) in [6.45, 7) is 2.22. The van der Waals surface area contributed by atoms with E-state index < -0.39 is 0 Å². The Bertz CT molecular complexity index is 877. The summed E-state index contributed by atoms with van der Waals surface area (Å²) in [4.78, 5) is 18.2. The first-order valence-electron chi connectivity index (χ1n) is 10.2. The van der Waals surface area contributed by atoms with E-state index in [-0.39, 0.29) is 11.9 Å². The number of ether oxygens (including phenoxy) is 1. The maximum Gasteiger partial charge on any atom is 0.249 e. The van der Waals surface area contributed by atoms with E-state index in [2.05, 4.69) is 29.4 Å². The first kappa shape index (κ1) is 22.5. The van der Waals surface area contributed by atoms with Gasteiger partial charge in [0.2, 0.25) is 5.91 Å². The lowest BCUT2D eigenvalue weighted by Crippen LogP contribution is -2.25. The van der Waals surface area contributed by atoms with E-state index in [9.17, 15) is 4.79 Å². The minimum Gasteiger partial charge on any atom is -0.497 e. The molecule has 1 atom stereocenters. The number of amides is 1. The Kier molecular flexibility index (Phi) is 8.90. The van der Waals surface area contributed by atoms with Gasteiger partial charge in [-0.25, -0.2) is 0 Å². The van der Waals surface area contributed by atoms with Gasteiger partial charge in [-0.2, -0.15) is 0 Å². The second-order valence-electron chi connectivity index (χ2n) is 6.98. The van der Waals surface area contributed by atoms with E-state index in [0.29, 0.717) is 5.17 Å². The van der Waals surface area contributed by atoms with E-state index in [0.717, 1.165) is 28.4 Å². The van der Waals surface area contributed by atoms with Crippen LogP contribution in [0, 0.1) is 0 Å². The highest BCUT2D eigenvalue weighted by molar-refractivity contribution is 8.14. The summed E-state index contributed by atoms with van der Waals surface area (Å²) in [5.41, 5.74) is 2.14. The molecule has 0 aliphatic carbocycles. The third-order valence-corrected chi connectivity index (χ3v) is 6.77. The molecule has 0 saturated carbocycles. The van der Waals surface area contributed by atoms with Gasteiger partial charge in [-0.3, -0.25) is 9.79 Å². The Labute approximate surface area is 187 Å². The average Bonchev–Trinajstić information content (AvgIpc) is 3.24. The molecular formula is C24H28N2O2S2. The van der Waals surface area contributed by atoms with E-state index >= 15 is 0 Å². The minimum absolute atomic E-state index is 0.0579. The molecule has 1 heterocycles. The summed E-state index contributed by atoms with van der Waals surface area (Å²) in [7, 11) is 1.65. The van der Waals surface area contributed by atoms with Crippen LogP contribution in [-0.2, 0) is 4.79 Å². The molecule has 0 saturated heterocycles. The van der Waals surface area contributed by atoms with Gasteiger partial charge in [-0.15, -0.1) is 11.8 Å². The monoisotopic (exact) mass is 440 g/mol. The molecule has 3 rings (SSSR count). The molecule has 1 unspecified atom stereocenters. The fourth-order valence-electron chi connectivity index (χ4n) is 2.98. The third kappa shape index (κ3) is 6.96. The van der Waals surface area contributed by atoms with Gasteiger partial charge in [0.1, 0.15) is 5.75 Å². The van der Waals surface area contributed by atoms with E-state index in [1.807, 2.05) is 54.2 Å². The summed E-state index contributed by atoms with van der Waals surface area (Å²) in [6.07, 6.45) is 7.19. The van der Waals surface area contributed by atoms with Crippen molar-refractivity contribution in [2.75, 3.05) is 18.6 Å². The normalized spacial score (nSPS) is 15.9. The predicted molar refractivity (Wildman–Crippen MR) is 129 cm³/mol. The number of rotatable bonds is 9. The summed E-state index contributed by atoms with van der Waals surface area (Å²) < 4.78 is 5.19. The van der Waals surface area contributed by atoms with Crippen LogP contribution in [0.4, 0.5) is 0 Å². The molecule has 158 valence electrons. The molecule has 0 aromatic heterocycles.